The van der Waals surface area contributed by atoms with Crippen LogP contribution in [0.15, 0.2) is 42.5 Å². The third kappa shape index (κ3) is 4.23. The average Bonchev–Trinajstić information content (AvgIpc) is 3.53. The van der Waals surface area contributed by atoms with Crippen molar-refractivity contribution < 1.29 is 32.5 Å². The molecule has 0 aliphatic carbocycles. The molecule has 1 amide bonds. The fourth-order valence-corrected chi connectivity index (χ4v) is 5.72. The summed E-state index contributed by atoms with van der Waals surface area (Å²) in [6, 6.07) is 8.75. The highest BCUT2D eigenvalue weighted by Crippen LogP contribution is 2.41. The molecule has 3 aromatic rings. The number of rotatable bonds is 6. The summed E-state index contributed by atoms with van der Waals surface area (Å²) in [5.41, 5.74) is -1.33. The first-order chi connectivity index (χ1) is 16.7. The SMILES string of the molecule is C[C@@H](NC(=O)C(F)(F)c1cc2cc(F)ccc2s1)[C@](O)(c1ccc2c(c1)OCCO2)N1CCCC1. The first-order valence-electron chi connectivity index (χ1n) is 11.5. The molecule has 0 unspecified atom stereocenters. The number of halogens is 3. The second-order valence-electron chi connectivity index (χ2n) is 8.84. The number of carbonyl (C=O) groups excluding carboxylic acids is 1. The molecule has 1 fully saturated rings. The van der Waals surface area contributed by atoms with Crippen LogP contribution in [0.3, 0.4) is 0 Å². The van der Waals surface area contributed by atoms with Crippen molar-refractivity contribution in [3.63, 3.8) is 0 Å². The summed E-state index contributed by atoms with van der Waals surface area (Å²) in [6.07, 6.45) is 1.67. The molecule has 0 saturated carbocycles. The second-order valence-corrected chi connectivity index (χ2v) is 9.92. The third-order valence-corrected chi connectivity index (χ3v) is 7.77. The molecule has 6 nitrogen and oxygen atoms in total. The van der Waals surface area contributed by atoms with Crippen molar-refractivity contribution in [2.24, 2.45) is 0 Å². The molecule has 2 N–H and O–H groups in total. The summed E-state index contributed by atoms with van der Waals surface area (Å²) in [6.45, 7) is 3.36. The predicted molar refractivity (Wildman–Crippen MR) is 125 cm³/mol. The van der Waals surface area contributed by atoms with Crippen LogP contribution in [-0.4, -0.2) is 48.3 Å². The number of ether oxygens (including phenoxy) is 2. The van der Waals surface area contributed by atoms with E-state index in [1.165, 1.54) is 19.1 Å². The molecular formula is C25H25F3N2O4S. The highest BCUT2D eigenvalue weighted by atomic mass is 32.1. The van der Waals surface area contributed by atoms with Gasteiger partial charge in [0.15, 0.2) is 17.2 Å². The summed E-state index contributed by atoms with van der Waals surface area (Å²) in [4.78, 5) is 14.1. The van der Waals surface area contributed by atoms with Gasteiger partial charge >= 0.3 is 5.92 Å². The Morgan fingerprint density at radius 2 is 1.80 bits per heavy atom. The molecule has 2 aromatic carbocycles. The van der Waals surface area contributed by atoms with E-state index in [1.54, 1.807) is 23.1 Å². The number of thiophene rings is 1. The molecule has 5 rings (SSSR count). The van der Waals surface area contributed by atoms with E-state index in [0.717, 1.165) is 36.3 Å². The standard InChI is InChI=1S/C25H25F3N2O4S/c1-15(29-23(31)24(27,28)22-13-16-12-18(26)5-7-21(16)35-22)25(32,30-8-2-3-9-30)17-4-6-19-20(14-17)34-11-10-33-19/h4-7,12-15,32H,2-3,8-11H2,1H3,(H,29,31)/t15-,25+/m1/s1. The van der Waals surface area contributed by atoms with Crippen molar-refractivity contribution in [1.29, 1.82) is 0 Å². The van der Waals surface area contributed by atoms with E-state index in [4.69, 9.17) is 9.47 Å². The number of alkyl halides is 2. The summed E-state index contributed by atoms with van der Waals surface area (Å²) in [5, 5.41) is 14.6. The molecule has 186 valence electrons. The first kappa shape index (κ1) is 23.9. The van der Waals surface area contributed by atoms with Crippen LogP contribution in [0.5, 0.6) is 11.5 Å². The zero-order chi connectivity index (χ0) is 24.8. The summed E-state index contributed by atoms with van der Waals surface area (Å²) >= 11 is 0.732. The van der Waals surface area contributed by atoms with Crippen LogP contribution in [0.25, 0.3) is 10.1 Å². The number of aliphatic hydroxyl groups is 1. The largest absolute Gasteiger partial charge is 0.486 e. The number of hydrogen-bond acceptors (Lipinski definition) is 6. The molecular weight excluding hydrogens is 481 g/mol. The second kappa shape index (κ2) is 9.00. The molecule has 2 aliphatic rings. The molecule has 35 heavy (non-hydrogen) atoms. The lowest BCUT2D eigenvalue weighted by atomic mass is 9.93. The smallest absolute Gasteiger partial charge is 0.358 e. The van der Waals surface area contributed by atoms with Gasteiger partial charge in [-0.25, -0.2) is 4.39 Å². The van der Waals surface area contributed by atoms with Crippen molar-refractivity contribution in [2.45, 2.75) is 37.5 Å². The highest BCUT2D eigenvalue weighted by Gasteiger charge is 2.48. The zero-order valence-corrected chi connectivity index (χ0v) is 19.8. The van der Waals surface area contributed by atoms with Gasteiger partial charge in [0.05, 0.1) is 10.9 Å². The Morgan fingerprint density at radius 3 is 2.54 bits per heavy atom. The van der Waals surface area contributed by atoms with Crippen LogP contribution < -0.4 is 14.8 Å². The molecule has 0 spiro atoms. The number of nitrogens with zero attached hydrogens (tertiary/aromatic N) is 1. The quantitative estimate of drug-likeness (QED) is 0.520. The van der Waals surface area contributed by atoms with Crippen molar-refractivity contribution in [3.05, 3.63) is 58.7 Å². The molecule has 2 aliphatic heterocycles. The minimum atomic E-state index is -3.87. The van der Waals surface area contributed by atoms with E-state index in [9.17, 15) is 14.3 Å². The van der Waals surface area contributed by atoms with Gasteiger partial charge < -0.3 is 19.9 Å². The lowest BCUT2D eigenvalue weighted by Crippen LogP contribution is -2.59. The van der Waals surface area contributed by atoms with Crippen LogP contribution in [0.1, 0.15) is 30.2 Å². The van der Waals surface area contributed by atoms with E-state index in [2.05, 4.69) is 5.32 Å². The molecule has 0 bridgehead atoms. The summed E-state index contributed by atoms with van der Waals surface area (Å²) in [7, 11) is 0. The fraction of sp³-hybridized carbons (Fsp3) is 0.400. The van der Waals surface area contributed by atoms with Crippen LogP contribution in [-0.2, 0) is 16.4 Å². The van der Waals surface area contributed by atoms with Gasteiger partial charge in [-0.3, -0.25) is 9.69 Å². The number of fused-ring (bicyclic) bond motifs is 2. The summed E-state index contributed by atoms with van der Waals surface area (Å²) in [5.74, 6) is -4.96. The maximum atomic E-state index is 15.2. The van der Waals surface area contributed by atoms with E-state index < -0.39 is 34.3 Å². The normalized spacial score (nSPS) is 18.9. The van der Waals surface area contributed by atoms with E-state index in [-0.39, 0.29) is 0 Å². The van der Waals surface area contributed by atoms with Crippen molar-refractivity contribution >= 4 is 27.3 Å². The highest BCUT2D eigenvalue weighted by molar-refractivity contribution is 7.19. The van der Waals surface area contributed by atoms with Gasteiger partial charge in [-0.15, -0.1) is 11.3 Å². The zero-order valence-electron chi connectivity index (χ0n) is 19.0. The van der Waals surface area contributed by atoms with Gasteiger partial charge in [0.1, 0.15) is 19.0 Å². The average molecular weight is 507 g/mol. The lowest BCUT2D eigenvalue weighted by Gasteiger charge is -2.42. The maximum absolute atomic E-state index is 15.2. The number of nitrogens with one attached hydrogen (secondary N) is 1. The van der Waals surface area contributed by atoms with Crippen molar-refractivity contribution in [1.82, 2.24) is 10.2 Å². The van der Waals surface area contributed by atoms with Crippen LogP contribution in [0, 0.1) is 5.82 Å². The Hall–Kier alpha value is -2.82. The van der Waals surface area contributed by atoms with E-state index >= 15 is 8.78 Å². The Bertz CT molecular complexity index is 1260. The van der Waals surface area contributed by atoms with Crippen LogP contribution >= 0.6 is 11.3 Å². The number of hydrogen-bond donors (Lipinski definition) is 2. The minimum absolute atomic E-state index is 0.301. The Kier molecular flexibility index (Phi) is 6.14. The van der Waals surface area contributed by atoms with Crippen molar-refractivity contribution in [2.75, 3.05) is 26.3 Å². The van der Waals surface area contributed by atoms with Gasteiger partial charge in [0, 0.05) is 23.4 Å². The third-order valence-electron chi connectivity index (χ3n) is 6.58. The van der Waals surface area contributed by atoms with Gasteiger partial charge in [-0.2, -0.15) is 8.78 Å². The Balaban J connectivity index is 1.44. The number of amides is 1. The van der Waals surface area contributed by atoms with Gasteiger partial charge in [-0.1, -0.05) is 6.07 Å². The molecule has 0 radical (unpaired) electrons. The predicted octanol–water partition coefficient (Wildman–Crippen LogP) is 4.35. The Morgan fingerprint density at radius 1 is 1.09 bits per heavy atom. The first-order valence-corrected chi connectivity index (χ1v) is 12.3. The van der Waals surface area contributed by atoms with E-state index in [0.29, 0.717) is 53.5 Å². The van der Waals surface area contributed by atoms with Crippen LogP contribution in [0.4, 0.5) is 13.2 Å². The minimum Gasteiger partial charge on any atom is -0.486 e. The molecule has 3 heterocycles. The molecule has 10 heteroatoms. The molecule has 2 atom stereocenters. The van der Waals surface area contributed by atoms with Gasteiger partial charge in [-0.05, 0) is 61.5 Å². The number of carbonyl (C=O) groups is 1. The monoisotopic (exact) mass is 506 g/mol. The molecule has 1 saturated heterocycles. The van der Waals surface area contributed by atoms with Gasteiger partial charge in [0.2, 0.25) is 0 Å². The van der Waals surface area contributed by atoms with Crippen LogP contribution in [0.2, 0.25) is 0 Å². The van der Waals surface area contributed by atoms with Crippen molar-refractivity contribution in [3.8, 4) is 11.5 Å². The lowest BCUT2D eigenvalue weighted by molar-refractivity contribution is -0.159. The Labute approximate surface area is 204 Å². The topological polar surface area (TPSA) is 71.0 Å². The summed E-state index contributed by atoms with van der Waals surface area (Å²) < 4.78 is 55.6. The maximum Gasteiger partial charge on any atom is 0.358 e. The van der Waals surface area contributed by atoms with E-state index in [1.807, 2.05) is 0 Å². The van der Waals surface area contributed by atoms with Gasteiger partial charge in [0.25, 0.3) is 5.91 Å². The number of likely N-dealkylation sites (tertiary alicyclic amines) is 1. The number of benzene rings is 2. The molecule has 1 aromatic heterocycles. The fourth-order valence-electron chi connectivity index (χ4n) is 4.71.